The van der Waals surface area contributed by atoms with Crippen LogP contribution in [0.2, 0.25) is 0 Å². The number of nitriles is 1. The fourth-order valence-corrected chi connectivity index (χ4v) is 2.95. The Labute approximate surface area is 139 Å². The molecular formula is C20H14FNO2. The number of hydrogen-bond acceptors (Lipinski definition) is 2. The van der Waals surface area contributed by atoms with Gasteiger partial charge in [-0.05, 0) is 70.7 Å². The van der Waals surface area contributed by atoms with Crippen molar-refractivity contribution in [2.45, 2.75) is 13.3 Å². The van der Waals surface area contributed by atoms with Gasteiger partial charge in [-0.15, -0.1) is 0 Å². The van der Waals surface area contributed by atoms with Crippen LogP contribution in [0.4, 0.5) is 4.39 Å². The number of halogens is 1. The molecule has 118 valence electrons. The van der Waals surface area contributed by atoms with Crippen LogP contribution in [0.25, 0.3) is 17.2 Å². The third-order valence-electron chi connectivity index (χ3n) is 4.13. The van der Waals surface area contributed by atoms with Crippen LogP contribution in [-0.4, -0.2) is 11.1 Å². The van der Waals surface area contributed by atoms with Gasteiger partial charge in [-0.1, -0.05) is 18.2 Å². The molecule has 1 N–H and O–H groups in total. The maximum Gasteiger partial charge on any atom is 0.307 e. The van der Waals surface area contributed by atoms with Crippen molar-refractivity contribution in [2.75, 3.05) is 0 Å². The minimum absolute atomic E-state index is 0.146. The Morgan fingerprint density at radius 3 is 2.54 bits per heavy atom. The zero-order chi connectivity index (χ0) is 17.3. The van der Waals surface area contributed by atoms with Crippen LogP contribution >= 0.6 is 0 Å². The number of allylic oxidation sites excluding steroid dienone is 2. The molecule has 0 bridgehead atoms. The predicted molar refractivity (Wildman–Crippen MR) is 90.3 cm³/mol. The summed E-state index contributed by atoms with van der Waals surface area (Å²) in [5.41, 5.74) is 5.29. The molecule has 2 aromatic carbocycles. The number of benzene rings is 2. The van der Waals surface area contributed by atoms with E-state index < -0.39 is 5.97 Å². The van der Waals surface area contributed by atoms with E-state index in [1.165, 1.54) is 12.1 Å². The molecule has 0 spiro atoms. The van der Waals surface area contributed by atoms with Crippen molar-refractivity contribution in [1.82, 2.24) is 0 Å². The average molecular weight is 319 g/mol. The van der Waals surface area contributed by atoms with Crippen molar-refractivity contribution < 1.29 is 14.3 Å². The first-order chi connectivity index (χ1) is 11.5. The lowest BCUT2D eigenvalue weighted by molar-refractivity contribution is -0.135. The van der Waals surface area contributed by atoms with Gasteiger partial charge >= 0.3 is 5.97 Å². The smallest absolute Gasteiger partial charge is 0.307 e. The van der Waals surface area contributed by atoms with E-state index in [2.05, 4.69) is 6.07 Å². The highest BCUT2D eigenvalue weighted by molar-refractivity contribution is 6.07. The lowest BCUT2D eigenvalue weighted by Gasteiger charge is -2.04. The van der Waals surface area contributed by atoms with Gasteiger partial charge in [-0.2, -0.15) is 5.26 Å². The topological polar surface area (TPSA) is 61.1 Å². The normalized spacial score (nSPS) is 14.6. The zero-order valence-corrected chi connectivity index (χ0v) is 13.0. The van der Waals surface area contributed by atoms with Crippen molar-refractivity contribution in [3.8, 4) is 6.07 Å². The van der Waals surface area contributed by atoms with Crippen molar-refractivity contribution in [3.63, 3.8) is 0 Å². The first-order valence-corrected chi connectivity index (χ1v) is 7.43. The van der Waals surface area contributed by atoms with Gasteiger partial charge in [0.1, 0.15) is 5.82 Å². The summed E-state index contributed by atoms with van der Waals surface area (Å²) >= 11 is 0. The molecule has 3 rings (SSSR count). The monoisotopic (exact) mass is 319 g/mol. The number of nitrogens with zero attached hydrogens (tertiary/aromatic N) is 1. The van der Waals surface area contributed by atoms with Crippen LogP contribution in [0.1, 0.15) is 35.6 Å². The maximum absolute atomic E-state index is 13.6. The molecule has 24 heavy (non-hydrogen) atoms. The van der Waals surface area contributed by atoms with Crippen LogP contribution < -0.4 is 0 Å². The highest BCUT2D eigenvalue weighted by atomic mass is 19.1. The Morgan fingerprint density at radius 2 is 1.92 bits per heavy atom. The number of carboxylic acids is 1. The standard InChI is InChI=1S/C20H14FNO2/c1-12-17(8-13-2-4-14(11-22)5-3-13)16-7-6-15(21)9-19(16)18(12)10-20(23)24/h2-9H,10H2,1H3,(H,23,24). The summed E-state index contributed by atoms with van der Waals surface area (Å²) in [5.74, 6) is -1.33. The van der Waals surface area contributed by atoms with E-state index in [-0.39, 0.29) is 12.2 Å². The zero-order valence-electron chi connectivity index (χ0n) is 13.0. The SMILES string of the molecule is CC1=C(CC(=O)O)c2cc(F)ccc2C1=Cc1ccc(C#N)cc1. The number of aliphatic carboxylic acids is 1. The fraction of sp³-hybridized carbons (Fsp3) is 0.100. The summed E-state index contributed by atoms with van der Waals surface area (Å²) in [6.45, 7) is 1.85. The number of fused-ring (bicyclic) bond motifs is 1. The Balaban J connectivity index is 2.13. The quantitative estimate of drug-likeness (QED) is 0.906. The average Bonchev–Trinajstić information content (AvgIpc) is 2.80. The van der Waals surface area contributed by atoms with Crippen molar-refractivity contribution in [3.05, 3.63) is 76.1 Å². The Bertz CT molecular complexity index is 931. The summed E-state index contributed by atoms with van der Waals surface area (Å²) in [4.78, 5) is 11.2. The van der Waals surface area contributed by atoms with Crippen molar-refractivity contribution >= 4 is 23.2 Å². The molecule has 0 radical (unpaired) electrons. The molecule has 3 nitrogen and oxygen atoms in total. The third kappa shape index (κ3) is 2.84. The van der Waals surface area contributed by atoms with Crippen molar-refractivity contribution in [1.29, 1.82) is 5.26 Å². The Hall–Kier alpha value is -3.19. The molecule has 0 aliphatic heterocycles. The van der Waals surface area contributed by atoms with Gasteiger partial charge in [0.2, 0.25) is 0 Å². The van der Waals surface area contributed by atoms with E-state index in [0.717, 1.165) is 22.3 Å². The van der Waals surface area contributed by atoms with E-state index in [4.69, 9.17) is 10.4 Å². The molecule has 0 atom stereocenters. The summed E-state index contributed by atoms with van der Waals surface area (Å²) in [6.07, 6.45) is 1.79. The highest BCUT2D eigenvalue weighted by Crippen LogP contribution is 2.43. The Morgan fingerprint density at radius 1 is 1.21 bits per heavy atom. The summed E-state index contributed by atoms with van der Waals surface area (Å²) in [7, 11) is 0. The summed E-state index contributed by atoms with van der Waals surface area (Å²) < 4.78 is 13.6. The molecule has 0 saturated heterocycles. The van der Waals surface area contributed by atoms with E-state index in [9.17, 15) is 9.18 Å². The first kappa shape index (κ1) is 15.7. The molecule has 0 saturated carbocycles. The molecule has 1 aliphatic rings. The van der Waals surface area contributed by atoms with Crippen LogP contribution in [0.5, 0.6) is 0 Å². The molecular weight excluding hydrogens is 305 g/mol. The number of hydrogen-bond donors (Lipinski definition) is 1. The van der Waals surface area contributed by atoms with Gasteiger partial charge in [0.05, 0.1) is 18.1 Å². The van der Waals surface area contributed by atoms with Crippen LogP contribution in [-0.2, 0) is 4.79 Å². The second-order valence-corrected chi connectivity index (χ2v) is 5.66. The molecule has 2 aromatic rings. The van der Waals surface area contributed by atoms with Gasteiger partial charge in [0.25, 0.3) is 0 Å². The van der Waals surface area contributed by atoms with E-state index in [0.29, 0.717) is 16.7 Å². The lowest BCUT2D eigenvalue weighted by atomic mass is 10.00. The summed E-state index contributed by atoms with van der Waals surface area (Å²) in [6, 6.07) is 13.6. The van der Waals surface area contributed by atoms with Gasteiger partial charge < -0.3 is 5.11 Å². The van der Waals surface area contributed by atoms with E-state index in [1.807, 2.05) is 25.1 Å². The van der Waals surface area contributed by atoms with E-state index in [1.54, 1.807) is 18.2 Å². The molecule has 1 aliphatic carbocycles. The number of carbonyl (C=O) groups is 1. The molecule has 0 fully saturated rings. The number of rotatable bonds is 3. The Kier molecular flexibility index (Phi) is 4.01. The summed E-state index contributed by atoms with van der Waals surface area (Å²) in [5, 5.41) is 18.0. The highest BCUT2D eigenvalue weighted by Gasteiger charge is 2.25. The molecule has 0 unspecified atom stereocenters. The third-order valence-corrected chi connectivity index (χ3v) is 4.13. The largest absolute Gasteiger partial charge is 0.481 e. The predicted octanol–water partition coefficient (Wildman–Crippen LogP) is 4.50. The van der Waals surface area contributed by atoms with Crippen LogP contribution in [0.3, 0.4) is 0 Å². The van der Waals surface area contributed by atoms with Crippen molar-refractivity contribution in [2.24, 2.45) is 0 Å². The number of carboxylic acid groups (broad SMARTS) is 1. The first-order valence-electron chi connectivity index (χ1n) is 7.43. The molecule has 4 heteroatoms. The van der Waals surface area contributed by atoms with Crippen LogP contribution in [0, 0.1) is 17.1 Å². The van der Waals surface area contributed by atoms with Gasteiger partial charge in [0, 0.05) is 0 Å². The van der Waals surface area contributed by atoms with Gasteiger partial charge in [-0.25, -0.2) is 4.39 Å². The lowest BCUT2D eigenvalue weighted by Crippen LogP contribution is -1.97. The molecule has 0 amide bonds. The second kappa shape index (κ2) is 6.13. The minimum atomic E-state index is -0.945. The van der Waals surface area contributed by atoms with Gasteiger partial charge in [-0.3, -0.25) is 4.79 Å². The minimum Gasteiger partial charge on any atom is -0.481 e. The molecule has 0 heterocycles. The van der Waals surface area contributed by atoms with E-state index >= 15 is 0 Å². The van der Waals surface area contributed by atoms with Gasteiger partial charge in [0.15, 0.2) is 0 Å². The second-order valence-electron chi connectivity index (χ2n) is 5.66. The fourth-order valence-electron chi connectivity index (χ4n) is 2.95. The van der Waals surface area contributed by atoms with Crippen LogP contribution in [0.15, 0.2) is 48.0 Å². The maximum atomic E-state index is 13.6. The molecule has 0 aromatic heterocycles.